The van der Waals surface area contributed by atoms with Gasteiger partial charge in [0, 0.05) is 19.1 Å². The summed E-state index contributed by atoms with van der Waals surface area (Å²) in [5, 5.41) is 12.0. The van der Waals surface area contributed by atoms with Crippen LogP contribution in [0.1, 0.15) is 38.4 Å². The van der Waals surface area contributed by atoms with E-state index in [1.54, 1.807) is 6.20 Å². The van der Waals surface area contributed by atoms with Crippen molar-refractivity contribution in [3.8, 4) is 5.75 Å². The Morgan fingerprint density at radius 2 is 2.24 bits per heavy atom. The summed E-state index contributed by atoms with van der Waals surface area (Å²) in [5.74, 6) is 0.758. The van der Waals surface area contributed by atoms with Gasteiger partial charge in [-0.15, -0.1) is 0 Å². The van der Waals surface area contributed by atoms with Crippen LogP contribution in [-0.4, -0.2) is 29.8 Å². The largest absolute Gasteiger partial charge is 0.492 e. The summed E-state index contributed by atoms with van der Waals surface area (Å²) in [7, 11) is 0. The number of nitrogens with zero attached hydrogens (tertiary/aromatic N) is 1. The highest BCUT2D eigenvalue weighted by molar-refractivity contribution is 5.21. The molecule has 0 aliphatic heterocycles. The Morgan fingerprint density at radius 1 is 1.41 bits per heavy atom. The van der Waals surface area contributed by atoms with E-state index in [0.29, 0.717) is 19.1 Å². The van der Waals surface area contributed by atoms with E-state index in [4.69, 9.17) is 9.84 Å². The quantitative estimate of drug-likeness (QED) is 0.679. The molecule has 2 N–H and O–H groups in total. The molecule has 1 rings (SSSR count). The average molecular weight is 238 g/mol. The standard InChI is InChI=1S/C13H22N2O2/c1-3-12(14-4-2)13-7-6-11(10-15-13)17-9-5-8-16/h6-7,10,12,14,16H,3-5,8-9H2,1-2H3. The van der Waals surface area contributed by atoms with Gasteiger partial charge in [-0.05, 0) is 25.1 Å². The highest BCUT2D eigenvalue weighted by Gasteiger charge is 2.08. The van der Waals surface area contributed by atoms with Gasteiger partial charge in [-0.1, -0.05) is 13.8 Å². The molecular weight excluding hydrogens is 216 g/mol. The first-order chi connectivity index (χ1) is 8.31. The van der Waals surface area contributed by atoms with E-state index in [-0.39, 0.29) is 6.61 Å². The predicted molar refractivity (Wildman–Crippen MR) is 68.1 cm³/mol. The maximum Gasteiger partial charge on any atom is 0.137 e. The van der Waals surface area contributed by atoms with Crippen LogP contribution in [0.25, 0.3) is 0 Å². The lowest BCUT2D eigenvalue weighted by Gasteiger charge is -2.15. The van der Waals surface area contributed by atoms with Gasteiger partial charge < -0.3 is 15.2 Å². The first-order valence-electron chi connectivity index (χ1n) is 6.24. The van der Waals surface area contributed by atoms with E-state index >= 15 is 0 Å². The summed E-state index contributed by atoms with van der Waals surface area (Å²) in [6.07, 6.45) is 3.41. The van der Waals surface area contributed by atoms with Gasteiger partial charge in [-0.2, -0.15) is 0 Å². The van der Waals surface area contributed by atoms with Gasteiger partial charge in [0.25, 0.3) is 0 Å². The Kier molecular flexibility index (Phi) is 6.58. The van der Waals surface area contributed by atoms with Crippen molar-refractivity contribution in [3.05, 3.63) is 24.0 Å². The molecule has 17 heavy (non-hydrogen) atoms. The van der Waals surface area contributed by atoms with Crippen molar-refractivity contribution in [1.82, 2.24) is 10.3 Å². The lowest BCUT2D eigenvalue weighted by atomic mass is 10.1. The summed E-state index contributed by atoms with van der Waals surface area (Å²) in [5.41, 5.74) is 1.05. The molecule has 0 bridgehead atoms. The normalized spacial score (nSPS) is 12.4. The van der Waals surface area contributed by atoms with Gasteiger partial charge in [-0.25, -0.2) is 0 Å². The maximum absolute atomic E-state index is 8.65. The molecule has 0 aliphatic rings. The fourth-order valence-corrected chi connectivity index (χ4v) is 1.64. The van der Waals surface area contributed by atoms with E-state index in [1.807, 2.05) is 12.1 Å². The molecule has 0 amide bonds. The monoisotopic (exact) mass is 238 g/mol. The molecule has 0 saturated heterocycles. The van der Waals surface area contributed by atoms with Gasteiger partial charge in [0.2, 0.25) is 0 Å². The first kappa shape index (κ1) is 13.9. The van der Waals surface area contributed by atoms with Crippen LogP contribution in [0, 0.1) is 0 Å². The minimum Gasteiger partial charge on any atom is -0.492 e. The van der Waals surface area contributed by atoms with E-state index in [1.165, 1.54) is 0 Å². The third kappa shape index (κ3) is 4.71. The fraction of sp³-hybridized carbons (Fsp3) is 0.615. The number of pyridine rings is 1. The molecule has 1 aromatic rings. The Morgan fingerprint density at radius 3 is 2.76 bits per heavy atom. The van der Waals surface area contributed by atoms with Gasteiger partial charge in [0.15, 0.2) is 0 Å². The molecule has 0 saturated carbocycles. The van der Waals surface area contributed by atoms with Crippen LogP contribution in [-0.2, 0) is 0 Å². The van der Waals surface area contributed by atoms with E-state index in [2.05, 4.69) is 24.1 Å². The molecule has 4 heteroatoms. The number of hydrogen-bond donors (Lipinski definition) is 2. The minimum atomic E-state index is 0.157. The Labute approximate surface area is 103 Å². The molecule has 1 atom stereocenters. The summed E-state index contributed by atoms with van der Waals surface area (Å²) in [6.45, 7) is 5.86. The van der Waals surface area contributed by atoms with Gasteiger partial charge >= 0.3 is 0 Å². The van der Waals surface area contributed by atoms with Crippen molar-refractivity contribution >= 4 is 0 Å². The number of hydrogen-bond acceptors (Lipinski definition) is 4. The van der Waals surface area contributed by atoms with Gasteiger partial charge in [-0.3, -0.25) is 4.98 Å². The predicted octanol–water partition coefficient (Wildman–Crippen LogP) is 1.90. The van der Waals surface area contributed by atoms with Crippen molar-refractivity contribution in [2.24, 2.45) is 0 Å². The van der Waals surface area contributed by atoms with E-state index < -0.39 is 0 Å². The number of aliphatic hydroxyl groups is 1. The Bertz CT molecular complexity index is 301. The third-order valence-electron chi connectivity index (χ3n) is 2.55. The van der Waals surface area contributed by atoms with Crippen LogP contribution in [0.2, 0.25) is 0 Å². The van der Waals surface area contributed by atoms with Crippen LogP contribution in [0.5, 0.6) is 5.75 Å². The first-order valence-corrected chi connectivity index (χ1v) is 6.24. The summed E-state index contributed by atoms with van der Waals surface area (Å²) < 4.78 is 5.43. The van der Waals surface area contributed by atoms with Crippen molar-refractivity contribution in [2.75, 3.05) is 19.8 Å². The minimum absolute atomic E-state index is 0.157. The van der Waals surface area contributed by atoms with Gasteiger partial charge in [0.05, 0.1) is 18.5 Å². The average Bonchev–Trinajstić information content (AvgIpc) is 2.37. The summed E-state index contributed by atoms with van der Waals surface area (Å²) >= 11 is 0. The van der Waals surface area contributed by atoms with Crippen LogP contribution in [0.3, 0.4) is 0 Å². The number of nitrogens with one attached hydrogen (secondary N) is 1. The van der Waals surface area contributed by atoms with Crippen molar-refractivity contribution in [2.45, 2.75) is 32.7 Å². The highest BCUT2D eigenvalue weighted by Crippen LogP contribution is 2.17. The smallest absolute Gasteiger partial charge is 0.137 e. The topological polar surface area (TPSA) is 54.4 Å². The zero-order valence-electron chi connectivity index (χ0n) is 10.6. The molecule has 0 aromatic carbocycles. The SMILES string of the molecule is CCNC(CC)c1ccc(OCCCO)cn1. The molecule has 96 valence electrons. The van der Waals surface area contributed by atoms with Crippen molar-refractivity contribution < 1.29 is 9.84 Å². The number of aliphatic hydroxyl groups excluding tert-OH is 1. The lowest BCUT2D eigenvalue weighted by Crippen LogP contribution is -2.20. The fourth-order valence-electron chi connectivity index (χ4n) is 1.64. The van der Waals surface area contributed by atoms with E-state index in [9.17, 15) is 0 Å². The highest BCUT2D eigenvalue weighted by atomic mass is 16.5. The lowest BCUT2D eigenvalue weighted by molar-refractivity contribution is 0.233. The van der Waals surface area contributed by atoms with Gasteiger partial charge in [0.1, 0.15) is 5.75 Å². The maximum atomic E-state index is 8.65. The van der Waals surface area contributed by atoms with Crippen LogP contribution >= 0.6 is 0 Å². The molecule has 1 heterocycles. The van der Waals surface area contributed by atoms with Crippen LogP contribution in [0.15, 0.2) is 18.3 Å². The number of rotatable bonds is 8. The number of ether oxygens (including phenoxy) is 1. The molecule has 1 unspecified atom stereocenters. The summed E-state index contributed by atoms with van der Waals surface area (Å²) in [6, 6.07) is 4.23. The second-order valence-electron chi connectivity index (χ2n) is 3.86. The molecular formula is C13H22N2O2. The Balaban J connectivity index is 2.53. The molecule has 0 fully saturated rings. The molecule has 4 nitrogen and oxygen atoms in total. The van der Waals surface area contributed by atoms with Crippen molar-refractivity contribution in [1.29, 1.82) is 0 Å². The second-order valence-corrected chi connectivity index (χ2v) is 3.86. The van der Waals surface area contributed by atoms with E-state index in [0.717, 1.165) is 24.4 Å². The summed E-state index contributed by atoms with van der Waals surface area (Å²) in [4.78, 5) is 4.40. The molecule has 0 aliphatic carbocycles. The Hall–Kier alpha value is -1.13. The molecule has 0 spiro atoms. The molecule has 1 aromatic heterocycles. The zero-order chi connectivity index (χ0) is 12.5. The number of aromatic nitrogens is 1. The molecule has 0 radical (unpaired) electrons. The third-order valence-corrected chi connectivity index (χ3v) is 2.55. The van der Waals surface area contributed by atoms with Crippen LogP contribution < -0.4 is 10.1 Å². The van der Waals surface area contributed by atoms with Crippen LogP contribution in [0.4, 0.5) is 0 Å². The van der Waals surface area contributed by atoms with Crippen molar-refractivity contribution in [3.63, 3.8) is 0 Å². The second kappa shape index (κ2) is 8.03. The zero-order valence-corrected chi connectivity index (χ0v) is 10.6.